The van der Waals surface area contributed by atoms with Gasteiger partial charge in [-0.05, 0) is 67.2 Å². The topological polar surface area (TPSA) is 35.5 Å². The van der Waals surface area contributed by atoms with Crippen molar-refractivity contribution in [3.63, 3.8) is 0 Å². The van der Waals surface area contributed by atoms with Crippen molar-refractivity contribution < 1.29 is 5.11 Å². The van der Waals surface area contributed by atoms with E-state index < -0.39 is 0 Å². The number of anilines is 1. The number of benzene rings is 3. The Morgan fingerprint density at radius 3 is 2.31 bits per heavy atom. The molecule has 4 heteroatoms. The first-order chi connectivity index (χ1) is 14.2. The number of hydrogen-bond donors (Lipinski definition) is 2. The first kappa shape index (κ1) is 19.8. The van der Waals surface area contributed by atoms with Crippen LogP contribution in [0, 0.1) is 11.8 Å². The minimum absolute atomic E-state index is 0.344. The van der Waals surface area contributed by atoms with Gasteiger partial charge in [0.1, 0.15) is 5.75 Å². The van der Waals surface area contributed by atoms with Crippen molar-refractivity contribution in [1.82, 2.24) is 5.32 Å². The SMILES string of the molecule is Oc1ccccc1CN(C[C@@H]1CNC[C@@H]1Cc1ccccc1)c1ccc(Cl)cc1. The first-order valence-electron chi connectivity index (χ1n) is 10.2. The molecule has 29 heavy (non-hydrogen) atoms. The van der Waals surface area contributed by atoms with Gasteiger partial charge in [-0.1, -0.05) is 60.1 Å². The number of aromatic hydroxyl groups is 1. The van der Waals surface area contributed by atoms with Gasteiger partial charge in [-0.3, -0.25) is 0 Å². The number of hydrogen-bond acceptors (Lipinski definition) is 3. The molecule has 3 aromatic carbocycles. The average Bonchev–Trinajstić information content (AvgIpc) is 3.17. The molecule has 4 rings (SSSR count). The van der Waals surface area contributed by atoms with Crippen molar-refractivity contribution in [3.05, 3.63) is 95.0 Å². The summed E-state index contributed by atoms with van der Waals surface area (Å²) in [6.07, 6.45) is 1.09. The molecule has 150 valence electrons. The van der Waals surface area contributed by atoms with Crippen LogP contribution in [0.4, 0.5) is 5.69 Å². The quantitative estimate of drug-likeness (QED) is 0.570. The fourth-order valence-corrected chi connectivity index (χ4v) is 4.33. The summed E-state index contributed by atoms with van der Waals surface area (Å²) in [4.78, 5) is 2.36. The van der Waals surface area contributed by atoms with E-state index in [4.69, 9.17) is 11.6 Å². The molecule has 0 saturated carbocycles. The minimum Gasteiger partial charge on any atom is -0.508 e. The van der Waals surface area contributed by atoms with Crippen LogP contribution in [-0.2, 0) is 13.0 Å². The van der Waals surface area contributed by atoms with Gasteiger partial charge in [0.15, 0.2) is 0 Å². The van der Waals surface area contributed by atoms with Gasteiger partial charge >= 0.3 is 0 Å². The van der Waals surface area contributed by atoms with Crippen molar-refractivity contribution in [1.29, 1.82) is 0 Å². The van der Waals surface area contributed by atoms with Gasteiger partial charge in [0.2, 0.25) is 0 Å². The second-order valence-electron chi connectivity index (χ2n) is 7.85. The van der Waals surface area contributed by atoms with Crippen LogP contribution in [0.25, 0.3) is 0 Å². The van der Waals surface area contributed by atoms with Crippen molar-refractivity contribution in [2.45, 2.75) is 13.0 Å². The normalized spacial score (nSPS) is 18.7. The van der Waals surface area contributed by atoms with Gasteiger partial charge < -0.3 is 15.3 Å². The molecule has 3 nitrogen and oxygen atoms in total. The number of halogens is 1. The van der Waals surface area contributed by atoms with Crippen LogP contribution in [0.1, 0.15) is 11.1 Å². The van der Waals surface area contributed by atoms with E-state index in [1.54, 1.807) is 6.07 Å². The summed E-state index contributed by atoms with van der Waals surface area (Å²) in [5, 5.41) is 14.6. The second-order valence-corrected chi connectivity index (χ2v) is 8.29. The van der Waals surface area contributed by atoms with Gasteiger partial charge in [-0.2, -0.15) is 0 Å². The second kappa shape index (κ2) is 9.34. The predicted octanol–water partition coefficient (Wildman–Crippen LogP) is 5.13. The molecule has 1 saturated heterocycles. The molecule has 2 atom stereocenters. The van der Waals surface area contributed by atoms with Gasteiger partial charge in [-0.25, -0.2) is 0 Å². The third kappa shape index (κ3) is 5.11. The Hall–Kier alpha value is -2.49. The summed E-state index contributed by atoms with van der Waals surface area (Å²) < 4.78 is 0. The van der Waals surface area contributed by atoms with E-state index in [0.717, 1.165) is 42.3 Å². The highest BCUT2D eigenvalue weighted by molar-refractivity contribution is 6.30. The molecule has 2 N–H and O–H groups in total. The van der Waals surface area contributed by atoms with E-state index >= 15 is 0 Å². The monoisotopic (exact) mass is 406 g/mol. The molecule has 3 aromatic rings. The van der Waals surface area contributed by atoms with Crippen LogP contribution in [0.3, 0.4) is 0 Å². The highest BCUT2D eigenvalue weighted by Gasteiger charge is 2.29. The van der Waals surface area contributed by atoms with E-state index in [2.05, 4.69) is 52.7 Å². The van der Waals surface area contributed by atoms with Crippen molar-refractivity contribution in [2.24, 2.45) is 11.8 Å². The summed E-state index contributed by atoms with van der Waals surface area (Å²) in [6.45, 7) is 3.66. The van der Waals surface area contributed by atoms with Gasteiger partial charge in [0.05, 0.1) is 0 Å². The third-order valence-electron chi connectivity index (χ3n) is 5.82. The van der Waals surface area contributed by atoms with Gasteiger partial charge in [0.25, 0.3) is 0 Å². The number of phenols is 1. The Balaban J connectivity index is 1.54. The van der Waals surface area contributed by atoms with Crippen molar-refractivity contribution >= 4 is 17.3 Å². The standard InChI is InChI=1S/C25H27ClN2O/c26-23-10-12-24(13-11-23)28(17-20-8-4-5-9-25(20)29)18-22-16-27-15-21(22)14-19-6-2-1-3-7-19/h1-13,21-22,27,29H,14-18H2/t21-,22-/m0/s1. The van der Waals surface area contributed by atoms with E-state index in [0.29, 0.717) is 24.1 Å². The maximum absolute atomic E-state index is 10.3. The lowest BCUT2D eigenvalue weighted by Crippen LogP contribution is -2.33. The summed E-state index contributed by atoms with van der Waals surface area (Å²) in [7, 11) is 0. The third-order valence-corrected chi connectivity index (χ3v) is 6.07. The highest BCUT2D eigenvalue weighted by Crippen LogP contribution is 2.28. The summed E-state index contributed by atoms with van der Waals surface area (Å²) >= 11 is 6.12. The molecule has 0 spiro atoms. The maximum Gasteiger partial charge on any atom is 0.120 e. The zero-order valence-electron chi connectivity index (χ0n) is 16.5. The molecule has 0 radical (unpaired) electrons. The van der Waals surface area contributed by atoms with Crippen LogP contribution in [0.5, 0.6) is 5.75 Å². The lowest BCUT2D eigenvalue weighted by Gasteiger charge is -2.30. The van der Waals surface area contributed by atoms with Gasteiger partial charge in [-0.15, -0.1) is 0 Å². The van der Waals surface area contributed by atoms with Crippen molar-refractivity contribution in [2.75, 3.05) is 24.5 Å². The Morgan fingerprint density at radius 1 is 0.862 bits per heavy atom. The Labute approximate surface area is 178 Å². The van der Waals surface area contributed by atoms with E-state index in [-0.39, 0.29) is 0 Å². The van der Waals surface area contributed by atoms with Crippen LogP contribution in [-0.4, -0.2) is 24.7 Å². The van der Waals surface area contributed by atoms with E-state index in [1.165, 1.54) is 5.56 Å². The van der Waals surface area contributed by atoms with Crippen LogP contribution in [0.2, 0.25) is 5.02 Å². The molecule has 1 fully saturated rings. The Kier molecular flexibility index (Phi) is 6.38. The molecule has 0 unspecified atom stereocenters. The van der Waals surface area contributed by atoms with E-state index in [1.807, 2.05) is 30.3 Å². The Morgan fingerprint density at radius 2 is 1.55 bits per heavy atom. The molecular formula is C25H27ClN2O. The van der Waals surface area contributed by atoms with Crippen LogP contribution < -0.4 is 10.2 Å². The lowest BCUT2D eigenvalue weighted by atomic mass is 9.89. The fraction of sp³-hybridized carbons (Fsp3) is 0.280. The smallest absolute Gasteiger partial charge is 0.120 e. The van der Waals surface area contributed by atoms with Crippen molar-refractivity contribution in [3.8, 4) is 5.75 Å². The largest absolute Gasteiger partial charge is 0.508 e. The van der Waals surface area contributed by atoms with Crippen LogP contribution >= 0.6 is 11.6 Å². The van der Waals surface area contributed by atoms with Gasteiger partial charge in [0, 0.05) is 29.4 Å². The molecule has 1 aliphatic rings. The minimum atomic E-state index is 0.344. The predicted molar refractivity (Wildman–Crippen MR) is 121 cm³/mol. The number of rotatable bonds is 7. The maximum atomic E-state index is 10.3. The Bertz CT molecular complexity index is 914. The molecule has 1 heterocycles. The zero-order valence-corrected chi connectivity index (χ0v) is 17.2. The molecular weight excluding hydrogens is 380 g/mol. The average molecular weight is 407 g/mol. The molecule has 0 bridgehead atoms. The molecule has 0 aromatic heterocycles. The molecule has 1 aliphatic heterocycles. The van der Waals surface area contributed by atoms with E-state index in [9.17, 15) is 5.11 Å². The number of nitrogens with zero attached hydrogens (tertiary/aromatic N) is 1. The number of para-hydroxylation sites is 1. The highest BCUT2D eigenvalue weighted by atomic mass is 35.5. The zero-order chi connectivity index (χ0) is 20.1. The molecule has 0 aliphatic carbocycles. The number of phenolic OH excluding ortho intramolecular Hbond substituents is 1. The lowest BCUT2D eigenvalue weighted by molar-refractivity contribution is 0.411. The molecule has 0 amide bonds. The fourth-order valence-electron chi connectivity index (χ4n) is 4.20. The summed E-state index contributed by atoms with van der Waals surface area (Å²) in [6, 6.07) is 26.3. The summed E-state index contributed by atoms with van der Waals surface area (Å²) in [5.41, 5.74) is 3.46. The number of nitrogens with one attached hydrogen (secondary N) is 1. The summed E-state index contributed by atoms with van der Waals surface area (Å²) in [5.74, 6) is 1.48. The van der Waals surface area contributed by atoms with Crippen LogP contribution in [0.15, 0.2) is 78.9 Å². The first-order valence-corrected chi connectivity index (χ1v) is 10.6.